The summed E-state index contributed by atoms with van der Waals surface area (Å²) in [6, 6.07) is 9.87. The van der Waals surface area contributed by atoms with E-state index in [0.29, 0.717) is 0 Å². The molecule has 0 N–H and O–H groups in total. The molecule has 6 heteroatoms. The van der Waals surface area contributed by atoms with Crippen LogP contribution in [0.15, 0.2) is 36.4 Å². The summed E-state index contributed by atoms with van der Waals surface area (Å²) in [6.07, 6.45) is 3.90. The van der Waals surface area contributed by atoms with Crippen molar-refractivity contribution < 1.29 is 9.59 Å². The second-order valence-electron chi connectivity index (χ2n) is 7.00. The molecular formula is C19H26N4O2. The highest BCUT2D eigenvalue weighted by molar-refractivity contribution is 5.80. The molecule has 0 spiro atoms. The number of urea groups is 2. The van der Waals surface area contributed by atoms with Crippen molar-refractivity contribution in [1.82, 2.24) is 19.6 Å². The van der Waals surface area contributed by atoms with E-state index in [1.54, 1.807) is 33.7 Å². The van der Waals surface area contributed by atoms with Gasteiger partial charge in [-0.15, -0.1) is 0 Å². The van der Waals surface area contributed by atoms with E-state index in [1.807, 2.05) is 44.4 Å². The van der Waals surface area contributed by atoms with Gasteiger partial charge < -0.3 is 19.6 Å². The predicted octanol–water partition coefficient (Wildman–Crippen LogP) is 2.39. The molecule has 0 saturated carbocycles. The Balaban J connectivity index is 1.99. The maximum atomic E-state index is 12.7. The molecule has 0 aromatic heterocycles. The smallest absolute Gasteiger partial charge is 0.321 e. The van der Waals surface area contributed by atoms with Crippen molar-refractivity contribution in [2.45, 2.75) is 25.2 Å². The highest BCUT2D eigenvalue weighted by Crippen LogP contribution is 2.36. The quantitative estimate of drug-likeness (QED) is 0.828. The van der Waals surface area contributed by atoms with Crippen LogP contribution in [-0.2, 0) is 0 Å². The van der Waals surface area contributed by atoms with Gasteiger partial charge in [0.25, 0.3) is 0 Å². The number of amides is 4. The molecule has 0 radical (unpaired) electrons. The number of rotatable bonds is 2. The fraction of sp³-hybridized carbons (Fsp3) is 0.474. The van der Waals surface area contributed by atoms with E-state index in [4.69, 9.17) is 0 Å². The van der Waals surface area contributed by atoms with Crippen molar-refractivity contribution in [1.29, 1.82) is 0 Å². The highest BCUT2D eigenvalue weighted by atomic mass is 16.2. The van der Waals surface area contributed by atoms with E-state index in [-0.39, 0.29) is 36.2 Å². The number of hydrogen-bond donors (Lipinski definition) is 0. The van der Waals surface area contributed by atoms with Gasteiger partial charge in [0.15, 0.2) is 0 Å². The monoisotopic (exact) mass is 342 g/mol. The van der Waals surface area contributed by atoms with Crippen LogP contribution in [0.1, 0.15) is 12.5 Å². The van der Waals surface area contributed by atoms with E-state index < -0.39 is 0 Å². The van der Waals surface area contributed by atoms with Crippen LogP contribution in [0.25, 0.3) is 6.08 Å². The molecule has 4 atom stereocenters. The zero-order valence-corrected chi connectivity index (χ0v) is 15.5. The van der Waals surface area contributed by atoms with Gasteiger partial charge in [-0.1, -0.05) is 42.5 Å². The van der Waals surface area contributed by atoms with E-state index in [2.05, 4.69) is 19.1 Å². The van der Waals surface area contributed by atoms with E-state index >= 15 is 0 Å². The molecular weight excluding hydrogens is 316 g/mol. The van der Waals surface area contributed by atoms with E-state index in [0.717, 1.165) is 5.56 Å². The average molecular weight is 342 g/mol. The van der Waals surface area contributed by atoms with Gasteiger partial charge in [-0.3, -0.25) is 0 Å². The summed E-state index contributed by atoms with van der Waals surface area (Å²) in [5.74, 6) is 0.0976. The molecule has 2 aliphatic heterocycles. The molecule has 4 amide bonds. The SMILES string of the molecule is C[C@H]1[C@@H]2[C@H](N(C)C(=O)N(C)[C@@H]2/C=C/c2ccccc2)N(C)C(=O)N1C. The molecule has 2 aliphatic rings. The van der Waals surface area contributed by atoms with Crippen LogP contribution in [0.2, 0.25) is 0 Å². The third kappa shape index (κ3) is 2.75. The normalized spacial score (nSPS) is 30.3. The van der Waals surface area contributed by atoms with Crippen LogP contribution in [0.4, 0.5) is 9.59 Å². The van der Waals surface area contributed by atoms with Crippen molar-refractivity contribution in [3.05, 3.63) is 42.0 Å². The maximum absolute atomic E-state index is 12.7. The van der Waals surface area contributed by atoms with Crippen molar-refractivity contribution in [3.63, 3.8) is 0 Å². The van der Waals surface area contributed by atoms with Crippen molar-refractivity contribution >= 4 is 18.1 Å². The van der Waals surface area contributed by atoms with Gasteiger partial charge in [-0.05, 0) is 12.5 Å². The van der Waals surface area contributed by atoms with E-state index in [1.165, 1.54) is 0 Å². The molecule has 2 fully saturated rings. The van der Waals surface area contributed by atoms with Crippen LogP contribution >= 0.6 is 0 Å². The summed E-state index contributed by atoms with van der Waals surface area (Å²) >= 11 is 0. The van der Waals surface area contributed by atoms with E-state index in [9.17, 15) is 9.59 Å². The van der Waals surface area contributed by atoms with Crippen molar-refractivity contribution in [2.24, 2.45) is 5.92 Å². The van der Waals surface area contributed by atoms with Gasteiger partial charge in [0.1, 0.15) is 6.17 Å². The summed E-state index contributed by atoms with van der Waals surface area (Å²) < 4.78 is 0. The third-order valence-electron chi connectivity index (χ3n) is 5.64. The molecule has 134 valence electrons. The van der Waals surface area contributed by atoms with Gasteiger partial charge in [-0.25, -0.2) is 9.59 Å². The fourth-order valence-electron chi connectivity index (χ4n) is 4.06. The van der Waals surface area contributed by atoms with Crippen LogP contribution in [0, 0.1) is 5.92 Å². The maximum Gasteiger partial charge on any atom is 0.321 e. The molecule has 1 aromatic carbocycles. The number of hydrogen-bond acceptors (Lipinski definition) is 2. The minimum Gasteiger partial charge on any atom is -0.324 e. The number of nitrogens with zero attached hydrogens (tertiary/aromatic N) is 4. The first-order valence-electron chi connectivity index (χ1n) is 8.57. The minimum atomic E-state index is -0.243. The lowest BCUT2D eigenvalue weighted by atomic mass is 9.82. The fourth-order valence-corrected chi connectivity index (χ4v) is 4.06. The molecule has 0 unspecified atom stereocenters. The third-order valence-corrected chi connectivity index (χ3v) is 5.64. The highest BCUT2D eigenvalue weighted by Gasteiger charge is 2.52. The Morgan fingerprint density at radius 2 is 1.40 bits per heavy atom. The first-order valence-corrected chi connectivity index (χ1v) is 8.57. The zero-order valence-electron chi connectivity index (χ0n) is 15.5. The van der Waals surface area contributed by atoms with Gasteiger partial charge in [0.05, 0.1) is 6.04 Å². The Morgan fingerprint density at radius 1 is 0.840 bits per heavy atom. The average Bonchev–Trinajstić information content (AvgIpc) is 2.62. The summed E-state index contributed by atoms with van der Waals surface area (Å²) in [6.45, 7) is 2.06. The largest absolute Gasteiger partial charge is 0.324 e. The zero-order chi connectivity index (χ0) is 18.3. The Hall–Kier alpha value is -2.50. The second kappa shape index (κ2) is 6.43. The van der Waals surface area contributed by atoms with Gasteiger partial charge in [-0.2, -0.15) is 0 Å². The Morgan fingerprint density at radius 3 is 2.00 bits per heavy atom. The number of fused-ring (bicyclic) bond motifs is 1. The van der Waals surface area contributed by atoms with Crippen LogP contribution in [0.3, 0.4) is 0 Å². The van der Waals surface area contributed by atoms with Crippen molar-refractivity contribution in [2.75, 3.05) is 28.2 Å². The minimum absolute atomic E-state index is 0.0251. The van der Waals surface area contributed by atoms with Gasteiger partial charge in [0, 0.05) is 40.2 Å². The van der Waals surface area contributed by atoms with Crippen LogP contribution < -0.4 is 0 Å². The number of benzene rings is 1. The molecule has 3 rings (SSSR count). The lowest BCUT2D eigenvalue weighted by Crippen LogP contribution is -2.73. The topological polar surface area (TPSA) is 47.1 Å². The molecule has 0 aliphatic carbocycles. The standard InChI is InChI=1S/C19H26N4O2/c1-13-16-15(12-11-14-9-7-6-8-10-14)21(3)19(25)23(5)17(16)22(4)18(24)20(13)2/h6-13,15-17H,1-5H3/b12-11+/t13-,15+,16-,17-/m0/s1. The Labute approximate surface area is 149 Å². The molecule has 25 heavy (non-hydrogen) atoms. The number of carbonyl (C=O) groups is 2. The number of carbonyl (C=O) groups excluding carboxylic acids is 2. The predicted molar refractivity (Wildman–Crippen MR) is 97.8 cm³/mol. The van der Waals surface area contributed by atoms with Crippen LogP contribution in [0.5, 0.6) is 0 Å². The van der Waals surface area contributed by atoms with Gasteiger partial charge >= 0.3 is 12.1 Å². The van der Waals surface area contributed by atoms with Crippen LogP contribution in [-0.4, -0.2) is 78.1 Å². The summed E-state index contributed by atoms with van der Waals surface area (Å²) in [7, 11) is 7.21. The Bertz CT molecular complexity index is 686. The lowest BCUT2D eigenvalue weighted by Gasteiger charge is -2.57. The van der Waals surface area contributed by atoms with Crippen molar-refractivity contribution in [3.8, 4) is 0 Å². The lowest BCUT2D eigenvalue weighted by molar-refractivity contribution is -0.0534. The number of likely N-dealkylation sites (N-methyl/N-ethyl adjacent to an activating group) is 1. The molecule has 6 nitrogen and oxygen atoms in total. The first-order chi connectivity index (χ1) is 11.8. The molecule has 2 heterocycles. The molecule has 0 bridgehead atoms. The summed E-state index contributed by atoms with van der Waals surface area (Å²) in [5, 5.41) is 0. The molecule has 1 aromatic rings. The summed E-state index contributed by atoms with van der Waals surface area (Å²) in [5.41, 5.74) is 1.10. The first kappa shape index (κ1) is 17.3. The molecule has 2 saturated heterocycles. The second-order valence-corrected chi connectivity index (χ2v) is 7.00. The Kier molecular flexibility index (Phi) is 4.45. The van der Waals surface area contributed by atoms with Gasteiger partial charge in [0.2, 0.25) is 0 Å². The summed E-state index contributed by atoms with van der Waals surface area (Å²) in [4.78, 5) is 32.1.